The van der Waals surface area contributed by atoms with Crippen LogP contribution in [0.4, 0.5) is 8.78 Å². The molecule has 0 unspecified atom stereocenters. The van der Waals surface area contributed by atoms with E-state index in [1.165, 1.54) is 72.6 Å². The van der Waals surface area contributed by atoms with Crippen LogP contribution in [0.3, 0.4) is 0 Å². The van der Waals surface area contributed by atoms with E-state index in [1.807, 2.05) is 30.3 Å². The van der Waals surface area contributed by atoms with Gasteiger partial charge in [0.2, 0.25) is 0 Å². The van der Waals surface area contributed by atoms with E-state index in [0.29, 0.717) is 48.7 Å². The lowest BCUT2D eigenvalue weighted by atomic mass is 9.79. The standard InChI is InChI=1S/C33H35FO4.C30H31FO2.C4H8O2/c1-33(2)15-5-6-30(33)28-16-21(7-13-26(28)29-18-24(36-3)12-14-31(29)34)20-38-25-11-10-22-8-9-23(27(22)19-25)17-32(35)37-4;1-30(2)15-5-8-28(30)26-16-20(19-33-24-11-10-21-6-4-7-22(21)17-24)9-13-25(26)27-18-23(32-3)12-14-29(27)31;1-3-4(5)6-2/h6-7,10-14,16,18-19,23H,5,8-9,15,17,20H2,1-4H3;8-14,16-18H,4-7,15,19H2,1-3H3;3H2,1-2H3/t23-;;/m0../s1. The summed E-state index contributed by atoms with van der Waals surface area (Å²) in [6.07, 6.45) is 15.1. The number of rotatable bonds is 15. The predicted molar refractivity (Wildman–Crippen MR) is 302 cm³/mol. The highest BCUT2D eigenvalue weighted by atomic mass is 19.1. The maximum Gasteiger partial charge on any atom is 0.306 e. The van der Waals surface area contributed by atoms with E-state index in [2.05, 4.69) is 87.0 Å². The zero-order valence-corrected chi connectivity index (χ0v) is 46.3. The molecule has 4 aliphatic carbocycles. The Hall–Kier alpha value is -7.20. The van der Waals surface area contributed by atoms with Crippen molar-refractivity contribution in [3.8, 4) is 45.3 Å². The Morgan fingerprint density at radius 3 is 1.48 bits per heavy atom. The van der Waals surface area contributed by atoms with Gasteiger partial charge >= 0.3 is 11.9 Å². The first kappa shape index (κ1) is 56.0. The minimum absolute atomic E-state index is 0.00178. The maximum absolute atomic E-state index is 15.0. The van der Waals surface area contributed by atoms with Crippen molar-refractivity contribution in [2.45, 2.75) is 124 Å². The lowest BCUT2D eigenvalue weighted by molar-refractivity contribution is -0.141. The number of fused-ring (bicyclic) bond motifs is 2. The van der Waals surface area contributed by atoms with Gasteiger partial charge in [0.05, 0.1) is 34.9 Å². The highest BCUT2D eigenvalue weighted by molar-refractivity contribution is 5.86. The summed E-state index contributed by atoms with van der Waals surface area (Å²) in [4.78, 5) is 21.8. The molecule has 77 heavy (non-hydrogen) atoms. The fourth-order valence-electron chi connectivity index (χ4n) is 11.2. The number of ether oxygens (including phenoxy) is 6. The zero-order valence-electron chi connectivity index (χ0n) is 46.3. The SMILES string of the molecule is CCC(=O)OC.COC(=O)C[C@@H]1CCc2ccc(OCc3ccc(-c4cc(OC)ccc4F)c(C4=CCCC4(C)C)c3)cc21.COc1ccc(F)c(-c2ccc(COc3ccc4c(c3)CCC4)cc2C2=CCCC2(C)C)c1. The van der Waals surface area contributed by atoms with E-state index in [1.54, 1.807) is 45.4 Å². The van der Waals surface area contributed by atoms with Crippen LogP contribution in [0.5, 0.6) is 23.0 Å². The Labute approximate surface area is 454 Å². The molecule has 0 saturated heterocycles. The lowest BCUT2D eigenvalue weighted by Crippen LogP contribution is -2.10. The molecule has 0 saturated carbocycles. The fourth-order valence-corrected chi connectivity index (χ4v) is 11.2. The first-order valence-electron chi connectivity index (χ1n) is 27.0. The van der Waals surface area contributed by atoms with Crippen LogP contribution in [-0.4, -0.2) is 40.4 Å². The Kier molecular flexibility index (Phi) is 18.1. The zero-order chi connectivity index (χ0) is 54.9. The Morgan fingerprint density at radius 1 is 0.519 bits per heavy atom. The van der Waals surface area contributed by atoms with Crippen molar-refractivity contribution in [3.05, 3.63) is 177 Å². The summed E-state index contributed by atoms with van der Waals surface area (Å²) in [5.74, 6) is 2.30. The van der Waals surface area contributed by atoms with Crippen molar-refractivity contribution in [2.24, 2.45) is 10.8 Å². The molecule has 0 amide bonds. The highest BCUT2D eigenvalue weighted by Gasteiger charge is 2.32. The summed E-state index contributed by atoms with van der Waals surface area (Å²) in [5, 5.41) is 0. The van der Waals surface area contributed by atoms with Crippen LogP contribution in [0, 0.1) is 22.5 Å². The number of esters is 2. The second-order valence-electron chi connectivity index (χ2n) is 21.7. The number of hydrogen-bond acceptors (Lipinski definition) is 8. The number of methoxy groups -OCH3 is 4. The molecule has 1 atom stereocenters. The molecule has 0 radical (unpaired) electrons. The maximum atomic E-state index is 15.0. The van der Waals surface area contributed by atoms with E-state index >= 15 is 4.39 Å². The van der Waals surface area contributed by atoms with Crippen LogP contribution in [0.15, 0.2) is 121 Å². The van der Waals surface area contributed by atoms with Crippen molar-refractivity contribution in [3.63, 3.8) is 0 Å². The number of hydrogen-bond donors (Lipinski definition) is 0. The minimum atomic E-state index is -0.271. The molecule has 0 aromatic heterocycles. The molecule has 4 aliphatic rings. The molecular formula is C67H74F2O8. The van der Waals surface area contributed by atoms with Crippen molar-refractivity contribution in [1.82, 2.24) is 0 Å². The van der Waals surface area contributed by atoms with Crippen LogP contribution in [0.2, 0.25) is 0 Å². The van der Waals surface area contributed by atoms with Crippen LogP contribution in [-0.2, 0) is 51.5 Å². The van der Waals surface area contributed by atoms with Gasteiger partial charge in [-0.05, 0) is 214 Å². The molecule has 0 aliphatic heterocycles. The van der Waals surface area contributed by atoms with E-state index < -0.39 is 0 Å². The number of carbonyl (C=O) groups is 2. The number of halogens is 2. The molecule has 0 N–H and O–H groups in total. The molecule has 10 rings (SSSR count). The fraction of sp³-hybridized carbons (Fsp3) is 0.373. The Bertz CT molecular complexity index is 3160. The molecule has 6 aromatic carbocycles. The molecule has 10 heteroatoms. The van der Waals surface area contributed by atoms with E-state index in [4.69, 9.17) is 23.7 Å². The molecule has 0 bridgehead atoms. The Balaban J connectivity index is 0.000000186. The first-order valence-corrected chi connectivity index (χ1v) is 27.0. The van der Waals surface area contributed by atoms with Gasteiger partial charge in [-0.3, -0.25) is 9.59 Å². The summed E-state index contributed by atoms with van der Waals surface area (Å²) >= 11 is 0. The third-order valence-electron chi connectivity index (χ3n) is 15.7. The van der Waals surface area contributed by atoms with Gasteiger partial charge in [0, 0.05) is 17.5 Å². The van der Waals surface area contributed by atoms with Gasteiger partial charge in [-0.25, -0.2) is 8.78 Å². The molecular weight excluding hydrogens is 971 g/mol. The van der Waals surface area contributed by atoms with E-state index in [9.17, 15) is 14.0 Å². The van der Waals surface area contributed by atoms with Gasteiger partial charge in [-0.2, -0.15) is 0 Å². The third kappa shape index (κ3) is 13.3. The highest BCUT2D eigenvalue weighted by Crippen LogP contribution is 2.49. The van der Waals surface area contributed by atoms with E-state index in [0.717, 1.165) is 89.8 Å². The number of carbonyl (C=O) groups excluding carboxylic acids is 2. The topological polar surface area (TPSA) is 89.5 Å². The number of benzene rings is 6. The molecule has 0 spiro atoms. The summed E-state index contributed by atoms with van der Waals surface area (Å²) in [5.41, 5.74) is 14.9. The molecule has 6 aromatic rings. The largest absolute Gasteiger partial charge is 0.497 e. The van der Waals surface area contributed by atoms with Gasteiger partial charge in [0.25, 0.3) is 0 Å². The van der Waals surface area contributed by atoms with Crippen molar-refractivity contribution in [1.29, 1.82) is 0 Å². The van der Waals surface area contributed by atoms with Crippen LogP contribution >= 0.6 is 0 Å². The third-order valence-corrected chi connectivity index (χ3v) is 15.7. The van der Waals surface area contributed by atoms with Crippen LogP contribution in [0.1, 0.15) is 136 Å². The predicted octanol–water partition coefficient (Wildman–Crippen LogP) is 16.2. The molecule has 0 fully saturated rings. The smallest absolute Gasteiger partial charge is 0.306 e. The van der Waals surface area contributed by atoms with Crippen molar-refractivity contribution < 1.29 is 46.8 Å². The van der Waals surface area contributed by atoms with Crippen molar-refractivity contribution >= 4 is 23.1 Å². The van der Waals surface area contributed by atoms with Crippen molar-refractivity contribution in [2.75, 3.05) is 28.4 Å². The molecule has 0 heterocycles. The quantitative estimate of drug-likeness (QED) is 0.0940. The summed E-state index contributed by atoms with van der Waals surface area (Å²) < 4.78 is 62.3. The van der Waals surface area contributed by atoms with Crippen LogP contribution in [0.25, 0.3) is 33.4 Å². The van der Waals surface area contributed by atoms with Gasteiger partial charge in [0.1, 0.15) is 47.8 Å². The van der Waals surface area contributed by atoms with Gasteiger partial charge in [-0.15, -0.1) is 0 Å². The summed E-state index contributed by atoms with van der Waals surface area (Å²) in [6, 6.07) is 34.9. The van der Waals surface area contributed by atoms with Crippen LogP contribution < -0.4 is 18.9 Å². The lowest BCUT2D eigenvalue weighted by Gasteiger charge is -2.25. The summed E-state index contributed by atoms with van der Waals surface area (Å²) in [7, 11) is 6.02. The van der Waals surface area contributed by atoms with Gasteiger partial charge < -0.3 is 28.4 Å². The second kappa shape index (κ2) is 24.9. The number of allylic oxidation sites excluding steroid dienone is 4. The first-order chi connectivity index (χ1) is 37.0. The minimum Gasteiger partial charge on any atom is -0.497 e. The molecule has 8 nitrogen and oxygen atoms in total. The summed E-state index contributed by atoms with van der Waals surface area (Å²) in [6.45, 7) is 11.7. The normalized spacial score (nSPS) is 16.3. The van der Waals surface area contributed by atoms with E-state index in [-0.39, 0.29) is 40.3 Å². The monoisotopic (exact) mass is 1040 g/mol. The second-order valence-corrected chi connectivity index (χ2v) is 21.7. The molecule has 404 valence electrons. The average molecular weight is 1050 g/mol. The van der Waals surface area contributed by atoms with Gasteiger partial charge in [-0.1, -0.05) is 83.2 Å². The number of aryl methyl sites for hydroxylation is 3. The average Bonchev–Trinajstić information content (AvgIpc) is 4.29. The van der Waals surface area contributed by atoms with Gasteiger partial charge in [0.15, 0.2) is 0 Å². The Morgan fingerprint density at radius 2 is 1.01 bits per heavy atom.